The summed E-state index contributed by atoms with van der Waals surface area (Å²) in [5.41, 5.74) is 0.348. The molecule has 0 spiro atoms. The molecule has 0 amide bonds. The highest BCUT2D eigenvalue weighted by Gasteiger charge is 2.33. The van der Waals surface area contributed by atoms with Crippen LogP contribution in [0, 0.1) is 5.82 Å². The summed E-state index contributed by atoms with van der Waals surface area (Å²) in [5, 5.41) is 0.124. The summed E-state index contributed by atoms with van der Waals surface area (Å²) in [5.74, 6) is -0.833. The van der Waals surface area contributed by atoms with E-state index < -0.39 is 25.9 Å². The van der Waals surface area contributed by atoms with E-state index in [1.165, 1.54) is 38.9 Å². The van der Waals surface area contributed by atoms with E-state index in [2.05, 4.69) is 0 Å². The van der Waals surface area contributed by atoms with Crippen LogP contribution in [0.2, 0.25) is 5.02 Å². The summed E-state index contributed by atoms with van der Waals surface area (Å²) < 4.78 is 66.3. The minimum atomic E-state index is -3.80. The fourth-order valence-electron chi connectivity index (χ4n) is 2.91. The number of piperazine rings is 1. The Balaban J connectivity index is 1.70. The van der Waals surface area contributed by atoms with E-state index in [1.807, 2.05) is 0 Å². The monoisotopic (exact) mass is 432 g/mol. The van der Waals surface area contributed by atoms with E-state index in [0.29, 0.717) is 5.56 Å². The van der Waals surface area contributed by atoms with Crippen LogP contribution in [0.15, 0.2) is 53.4 Å². The van der Waals surface area contributed by atoms with Gasteiger partial charge in [0.1, 0.15) is 10.7 Å². The Morgan fingerprint density at radius 2 is 1.52 bits per heavy atom. The van der Waals surface area contributed by atoms with Crippen LogP contribution >= 0.6 is 11.6 Å². The molecule has 6 nitrogen and oxygen atoms in total. The molecule has 0 radical (unpaired) electrons. The number of rotatable bonds is 5. The lowest BCUT2D eigenvalue weighted by atomic mass is 10.2. The molecule has 0 saturated carbocycles. The smallest absolute Gasteiger partial charge is 0.212 e. The van der Waals surface area contributed by atoms with Crippen molar-refractivity contribution in [1.29, 1.82) is 0 Å². The van der Waals surface area contributed by atoms with Gasteiger partial charge in [0.2, 0.25) is 20.0 Å². The maximum atomic E-state index is 13.3. The number of benzene rings is 2. The third kappa shape index (κ3) is 4.49. The van der Waals surface area contributed by atoms with Crippen molar-refractivity contribution in [3.05, 3.63) is 64.9 Å². The number of sulfonamides is 2. The van der Waals surface area contributed by atoms with Gasteiger partial charge in [-0.25, -0.2) is 21.2 Å². The van der Waals surface area contributed by atoms with Crippen molar-refractivity contribution in [3.63, 3.8) is 0 Å². The second-order valence-corrected chi connectivity index (χ2v) is 10.4. The fourth-order valence-corrected chi connectivity index (χ4v) is 6.33. The van der Waals surface area contributed by atoms with E-state index in [9.17, 15) is 21.2 Å². The van der Waals surface area contributed by atoms with Gasteiger partial charge in [0.25, 0.3) is 0 Å². The molecule has 10 heteroatoms. The molecule has 3 rings (SSSR count). The second kappa shape index (κ2) is 7.84. The average Bonchev–Trinajstić information content (AvgIpc) is 2.62. The van der Waals surface area contributed by atoms with Crippen molar-refractivity contribution >= 4 is 31.6 Å². The van der Waals surface area contributed by atoms with Gasteiger partial charge in [-0.3, -0.25) is 0 Å². The average molecular weight is 433 g/mol. The molecule has 1 heterocycles. The summed E-state index contributed by atoms with van der Waals surface area (Å²) in [6, 6.07) is 11.5. The van der Waals surface area contributed by atoms with Crippen LogP contribution in [-0.4, -0.2) is 51.6 Å². The highest BCUT2D eigenvalue weighted by molar-refractivity contribution is 7.89. The predicted molar refractivity (Wildman–Crippen MR) is 101 cm³/mol. The number of nitrogens with zero attached hydrogens (tertiary/aromatic N) is 2. The number of hydrogen-bond donors (Lipinski definition) is 0. The van der Waals surface area contributed by atoms with Crippen LogP contribution in [0.4, 0.5) is 4.39 Å². The Morgan fingerprint density at radius 1 is 0.889 bits per heavy atom. The first-order valence-corrected chi connectivity index (χ1v) is 11.6. The lowest BCUT2D eigenvalue weighted by Crippen LogP contribution is -2.50. The van der Waals surface area contributed by atoms with Crippen LogP contribution in [0.3, 0.4) is 0 Å². The van der Waals surface area contributed by atoms with Crippen LogP contribution in [0.1, 0.15) is 5.56 Å². The molecule has 0 atom stereocenters. The molecule has 1 fully saturated rings. The first-order valence-electron chi connectivity index (χ1n) is 8.17. The van der Waals surface area contributed by atoms with E-state index in [0.717, 1.165) is 0 Å². The third-order valence-corrected chi connectivity index (χ3v) is 8.53. The first kappa shape index (κ1) is 20.2. The number of halogens is 2. The van der Waals surface area contributed by atoms with Crippen molar-refractivity contribution in [2.24, 2.45) is 0 Å². The number of hydrogen-bond acceptors (Lipinski definition) is 4. The van der Waals surface area contributed by atoms with Crippen LogP contribution in [-0.2, 0) is 25.8 Å². The molecule has 0 aliphatic carbocycles. The van der Waals surface area contributed by atoms with Gasteiger partial charge >= 0.3 is 0 Å². The summed E-state index contributed by atoms with van der Waals surface area (Å²) in [6.45, 7) is 0.106. The largest absolute Gasteiger partial charge is 0.244 e. The summed E-state index contributed by atoms with van der Waals surface area (Å²) in [4.78, 5) is 0.00253. The Morgan fingerprint density at radius 3 is 2.15 bits per heavy atom. The van der Waals surface area contributed by atoms with Crippen molar-refractivity contribution in [3.8, 4) is 0 Å². The molecule has 1 saturated heterocycles. The molecule has 0 aromatic heterocycles. The SMILES string of the molecule is O=S(=O)(Cc1cccc(F)c1)N1CCN(S(=O)(=O)c2ccccc2Cl)CC1. The topological polar surface area (TPSA) is 74.8 Å². The maximum Gasteiger partial charge on any atom is 0.244 e. The zero-order valence-corrected chi connectivity index (χ0v) is 16.6. The van der Waals surface area contributed by atoms with E-state index in [1.54, 1.807) is 18.2 Å². The van der Waals surface area contributed by atoms with Crippen LogP contribution < -0.4 is 0 Å². The van der Waals surface area contributed by atoms with E-state index in [4.69, 9.17) is 11.6 Å². The molecule has 1 aliphatic heterocycles. The minimum Gasteiger partial charge on any atom is -0.212 e. The van der Waals surface area contributed by atoms with Gasteiger partial charge in [-0.05, 0) is 29.8 Å². The molecule has 0 N–H and O–H groups in total. The molecule has 1 aliphatic rings. The second-order valence-electron chi connectivity index (χ2n) is 6.12. The molecular weight excluding hydrogens is 415 g/mol. The Bertz CT molecular complexity index is 1040. The van der Waals surface area contributed by atoms with Gasteiger partial charge in [-0.1, -0.05) is 35.9 Å². The molecular formula is C17H18ClFN2O4S2. The Hall–Kier alpha value is -1.52. The lowest BCUT2D eigenvalue weighted by Gasteiger charge is -2.33. The van der Waals surface area contributed by atoms with Crippen molar-refractivity contribution in [2.75, 3.05) is 26.2 Å². The summed E-state index contributed by atoms with van der Waals surface area (Å²) in [7, 11) is -7.47. The molecule has 0 bridgehead atoms. The van der Waals surface area contributed by atoms with Crippen molar-refractivity contribution in [1.82, 2.24) is 8.61 Å². The van der Waals surface area contributed by atoms with Gasteiger partial charge in [0, 0.05) is 26.2 Å². The Kier molecular flexibility index (Phi) is 5.87. The molecule has 2 aromatic rings. The normalized spacial score (nSPS) is 17.1. The van der Waals surface area contributed by atoms with Crippen molar-refractivity contribution in [2.45, 2.75) is 10.6 Å². The Labute approximate surface area is 163 Å². The van der Waals surface area contributed by atoms with Gasteiger partial charge < -0.3 is 0 Å². The standard InChI is InChI=1S/C17H18ClFN2O4S2/c18-16-6-1-2-7-17(16)27(24,25)21-10-8-20(9-11-21)26(22,23)13-14-4-3-5-15(19)12-14/h1-7,12H,8-11,13H2. The molecule has 2 aromatic carbocycles. The maximum absolute atomic E-state index is 13.3. The fraction of sp³-hybridized carbons (Fsp3) is 0.294. The van der Waals surface area contributed by atoms with Gasteiger partial charge in [0.15, 0.2) is 0 Å². The zero-order chi connectivity index (χ0) is 19.7. The summed E-state index contributed by atoms with van der Waals surface area (Å²) >= 11 is 5.99. The van der Waals surface area contributed by atoms with E-state index in [-0.39, 0.29) is 41.8 Å². The van der Waals surface area contributed by atoms with Gasteiger partial charge in [-0.2, -0.15) is 8.61 Å². The van der Waals surface area contributed by atoms with Gasteiger partial charge in [0.05, 0.1) is 10.8 Å². The molecule has 146 valence electrons. The molecule has 0 unspecified atom stereocenters. The zero-order valence-electron chi connectivity index (χ0n) is 14.3. The third-order valence-electron chi connectivity index (χ3n) is 4.28. The quantitative estimate of drug-likeness (QED) is 0.726. The first-order chi connectivity index (χ1) is 12.7. The van der Waals surface area contributed by atoms with E-state index >= 15 is 0 Å². The van der Waals surface area contributed by atoms with Gasteiger partial charge in [-0.15, -0.1) is 0 Å². The molecule has 27 heavy (non-hydrogen) atoms. The van der Waals surface area contributed by atoms with Crippen LogP contribution in [0.25, 0.3) is 0 Å². The predicted octanol–water partition coefficient (Wildman–Crippen LogP) is 2.32. The highest BCUT2D eigenvalue weighted by atomic mass is 35.5. The minimum absolute atomic E-state index is 0.00253. The van der Waals surface area contributed by atoms with Crippen molar-refractivity contribution < 1.29 is 21.2 Å². The lowest BCUT2D eigenvalue weighted by molar-refractivity contribution is 0.272. The highest BCUT2D eigenvalue weighted by Crippen LogP contribution is 2.25. The summed E-state index contributed by atoms with van der Waals surface area (Å²) in [6.07, 6.45) is 0. The van der Waals surface area contributed by atoms with Crippen LogP contribution in [0.5, 0.6) is 0 Å².